The van der Waals surface area contributed by atoms with Crippen LogP contribution in [0.1, 0.15) is 16.8 Å². The zero-order valence-corrected chi connectivity index (χ0v) is 18.5. The SMILES string of the molecule is Cc1ccc(-n2c(SCc3cc(=O)n4ccsc4n3)nnc2-c2ccncc2)cc1C. The van der Waals surface area contributed by atoms with E-state index in [-0.39, 0.29) is 5.56 Å². The van der Waals surface area contributed by atoms with Gasteiger partial charge in [0.1, 0.15) is 0 Å². The van der Waals surface area contributed by atoms with E-state index in [1.165, 1.54) is 34.2 Å². The fourth-order valence-corrected chi connectivity index (χ4v) is 4.83. The number of benzene rings is 1. The molecule has 4 heterocycles. The molecule has 0 amide bonds. The molecule has 7 nitrogen and oxygen atoms in total. The van der Waals surface area contributed by atoms with Gasteiger partial charge >= 0.3 is 0 Å². The molecule has 31 heavy (non-hydrogen) atoms. The Morgan fingerprint density at radius 3 is 2.68 bits per heavy atom. The van der Waals surface area contributed by atoms with Crippen LogP contribution >= 0.6 is 23.1 Å². The summed E-state index contributed by atoms with van der Waals surface area (Å²) in [5.74, 6) is 1.26. The van der Waals surface area contributed by atoms with Crippen molar-refractivity contribution in [3.05, 3.63) is 87.5 Å². The number of thiazole rings is 1. The number of thioether (sulfide) groups is 1. The summed E-state index contributed by atoms with van der Waals surface area (Å²) in [5, 5.41) is 11.5. The summed E-state index contributed by atoms with van der Waals surface area (Å²) in [4.78, 5) is 21.7. The molecule has 154 valence electrons. The van der Waals surface area contributed by atoms with E-state index in [0.29, 0.717) is 10.7 Å². The maximum Gasteiger partial charge on any atom is 0.258 e. The third-order valence-electron chi connectivity index (χ3n) is 5.03. The Balaban J connectivity index is 1.55. The first kappa shape index (κ1) is 19.7. The molecule has 0 aliphatic rings. The van der Waals surface area contributed by atoms with Gasteiger partial charge in [0.25, 0.3) is 5.56 Å². The summed E-state index contributed by atoms with van der Waals surface area (Å²) in [6.45, 7) is 4.19. The van der Waals surface area contributed by atoms with Crippen LogP contribution in [0.4, 0.5) is 0 Å². The predicted molar refractivity (Wildman–Crippen MR) is 123 cm³/mol. The summed E-state index contributed by atoms with van der Waals surface area (Å²) in [5.41, 5.74) is 4.99. The quantitative estimate of drug-likeness (QED) is 0.375. The number of hydrogen-bond acceptors (Lipinski definition) is 7. The lowest BCUT2D eigenvalue weighted by Gasteiger charge is -2.12. The molecule has 0 fully saturated rings. The molecule has 1 aromatic carbocycles. The fraction of sp³-hybridized carbons (Fsp3) is 0.136. The third kappa shape index (κ3) is 3.77. The number of aryl methyl sites for hydroxylation is 2. The van der Waals surface area contributed by atoms with Crippen molar-refractivity contribution in [1.82, 2.24) is 29.1 Å². The van der Waals surface area contributed by atoms with E-state index >= 15 is 0 Å². The number of aromatic nitrogens is 6. The first-order chi connectivity index (χ1) is 15.1. The van der Waals surface area contributed by atoms with Crippen LogP contribution in [0.15, 0.2) is 70.3 Å². The fourth-order valence-electron chi connectivity index (χ4n) is 3.25. The smallest absolute Gasteiger partial charge is 0.258 e. The maximum absolute atomic E-state index is 12.3. The van der Waals surface area contributed by atoms with Gasteiger partial charge in [-0.25, -0.2) is 4.98 Å². The molecule has 0 radical (unpaired) electrons. The number of hydrogen-bond donors (Lipinski definition) is 0. The molecule has 0 N–H and O–H groups in total. The highest BCUT2D eigenvalue weighted by atomic mass is 32.2. The van der Waals surface area contributed by atoms with Gasteiger partial charge in [-0.15, -0.1) is 21.5 Å². The molecule has 0 aliphatic carbocycles. The zero-order chi connectivity index (χ0) is 21.4. The molecule has 0 spiro atoms. The van der Waals surface area contributed by atoms with Crippen LogP contribution in [0.25, 0.3) is 22.0 Å². The lowest BCUT2D eigenvalue weighted by molar-refractivity contribution is 0.883. The van der Waals surface area contributed by atoms with Crippen molar-refractivity contribution in [3.63, 3.8) is 0 Å². The highest BCUT2D eigenvalue weighted by Crippen LogP contribution is 2.30. The third-order valence-corrected chi connectivity index (χ3v) is 6.75. The van der Waals surface area contributed by atoms with Crippen molar-refractivity contribution < 1.29 is 0 Å². The molecule has 0 aliphatic heterocycles. The summed E-state index contributed by atoms with van der Waals surface area (Å²) < 4.78 is 3.60. The van der Waals surface area contributed by atoms with Crippen LogP contribution in [0, 0.1) is 13.8 Å². The van der Waals surface area contributed by atoms with Gasteiger partial charge in [-0.1, -0.05) is 17.8 Å². The normalized spacial score (nSPS) is 11.3. The minimum absolute atomic E-state index is 0.0741. The topological polar surface area (TPSA) is 78.0 Å². The van der Waals surface area contributed by atoms with E-state index in [4.69, 9.17) is 0 Å². The van der Waals surface area contributed by atoms with Gasteiger partial charge in [0.15, 0.2) is 15.9 Å². The molecular weight excluding hydrogens is 428 g/mol. The first-order valence-corrected chi connectivity index (χ1v) is 11.5. The second kappa shape index (κ2) is 8.09. The van der Waals surface area contributed by atoms with Gasteiger partial charge in [0.2, 0.25) is 0 Å². The van der Waals surface area contributed by atoms with Gasteiger partial charge < -0.3 is 0 Å². The van der Waals surface area contributed by atoms with Gasteiger partial charge in [0, 0.05) is 41.4 Å². The molecular formula is C22H18N6OS2. The molecule has 4 aromatic heterocycles. The van der Waals surface area contributed by atoms with Crippen LogP contribution in [0.3, 0.4) is 0 Å². The maximum atomic E-state index is 12.3. The molecule has 0 bridgehead atoms. The van der Waals surface area contributed by atoms with Crippen molar-refractivity contribution in [2.75, 3.05) is 0 Å². The van der Waals surface area contributed by atoms with E-state index in [1.807, 2.05) is 22.1 Å². The summed E-state index contributed by atoms with van der Waals surface area (Å²) >= 11 is 2.95. The number of nitrogens with zero attached hydrogens (tertiary/aromatic N) is 6. The Kier molecular flexibility index (Phi) is 5.13. The Labute approximate surface area is 186 Å². The van der Waals surface area contributed by atoms with E-state index in [1.54, 1.807) is 29.1 Å². The average Bonchev–Trinajstić information content (AvgIpc) is 3.42. The molecule has 9 heteroatoms. The monoisotopic (exact) mass is 446 g/mol. The largest absolute Gasteiger partial charge is 0.270 e. The molecule has 0 saturated heterocycles. The highest BCUT2D eigenvalue weighted by molar-refractivity contribution is 7.98. The van der Waals surface area contributed by atoms with Gasteiger partial charge in [-0.05, 0) is 49.2 Å². The van der Waals surface area contributed by atoms with Crippen molar-refractivity contribution in [1.29, 1.82) is 0 Å². The van der Waals surface area contributed by atoms with E-state index in [9.17, 15) is 4.79 Å². The average molecular weight is 447 g/mol. The number of fused-ring (bicyclic) bond motifs is 1. The second-order valence-electron chi connectivity index (χ2n) is 7.08. The lowest BCUT2D eigenvalue weighted by atomic mass is 10.1. The predicted octanol–water partition coefficient (Wildman–Crippen LogP) is 4.31. The van der Waals surface area contributed by atoms with Crippen LogP contribution in [0.5, 0.6) is 0 Å². The summed E-state index contributed by atoms with van der Waals surface area (Å²) in [7, 11) is 0. The Morgan fingerprint density at radius 1 is 1.03 bits per heavy atom. The summed E-state index contributed by atoms with van der Waals surface area (Å²) in [6.07, 6.45) is 5.23. The molecule has 5 rings (SSSR count). The standard InChI is InChI=1S/C22H18N6OS2/c1-14-3-4-18(11-15(14)2)28-20(16-5-7-23-8-6-16)25-26-22(28)31-13-17-12-19(29)27-9-10-30-21(27)24-17/h3-12H,13H2,1-2H3. The van der Waals surface area contributed by atoms with Crippen LogP contribution in [0.2, 0.25) is 0 Å². The van der Waals surface area contributed by atoms with Crippen molar-refractivity contribution in [2.24, 2.45) is 0 Å². The van der Waals surface area contributed by atoms with E-state index in [0.717, 1.165) is 27.9 Å². The van der Waals surface area contributed by atoms with E-state index in [2.05, 4.69) is 52.2 Å². The molecule has 0 saturated carbocycles. The summed E-state index contributed by atoms with van der Waals surface area (Å²) in [6, 6.07) is 11.7. The number of rotatable bonds is 5. The van der Waals surface area contributed by atoms with E-state index < -0.39 is 0 Å². The van der Waals surface area contributed by atoms with Crippen molar-refractivity contribution >= 4 is 28.1 Å². The molecule has 0 atom stereocenters. The second-order valence-corrected chi connectivity index (χ2v) is 8.89. The van der Waals surface area contributed by atoms with Crippen molar-refractivity contribution in [2.45, 2.75) is 24.8 Å². The van der Waals surface area contributed by atoms with Gasteiger partial charge in [0.05, 0.1) is 11.4 Å². The van der Waals surface area contributed by atoms with Crippen LogP contribution in [-0.2, 0) is 5.75 Å². The van der Waals surface area contributed by atoms with Crippen LogP contribution in [-0.4, -0.2) is 29.1 Å². The highest BCUT2D eigenvalue weighted by Gasteiger charge is 2.17. The molecule has 5 aromatic rings. The minimum atomic E-state index is -0.0741. The van der Waals surface area contributed by atoms with Gasteiger partial charge in [-0.2, -0.15) is 0 Å². The molecule has 0 unspecified atom stereocenters. The number of pyridine rings is 1. The van der Waals surface area contributed by atoms with Crippen LogP contribution < -0.4 is 5.56 Å². The minimum Gasteiger partial charge on any atom is -0.270 e. The lowest BCUT2D eigenvalue weighted by Crippen LogP contribution is -2.12. The van der Waals surface area contributed by atoms with Crippen molar-refractivity contribution in [3.8, 4) is 17.1 Å². The Morgan fingerprint density at radius 2 is 1.87 bits per heavy atom. The van der Waals surface area contributed by atoms with Gasteiger partial charge in [-0.3, -0.25) is 18.7 Å². The Hall–Kier alpha value is -3.30. The first-order valence-electron chi connectivity index (χ1n) is 9.62. The Bertz CT molecular complexity index is 1440. The zero-order valence-electron chi connectivity index (χ0n) is 16.9.